The third kappa shape index (κ3) is 3.90. The number of carbonyl (C=O) groups excluding carboxylic acids is 1. The van der Waals surface area contributed by atoms with Crippen LogP contribution in [-0.4, -0.2) is 28.8 Å². The first kappa shape index (κ1) is 19.7. The zero-order valence-corrected chi connectivity index (χ0v) is 17.6. The van der Waals surface area contributed by atoms with Gasteiger partial charge in [0.2, 0.25) is 0 Å². The monoisotopic (exact) mass is 420 g/mol. The average molecular weight is 420 g/mol. The second kappa shape index (κ2) is 8.38. The summed E-state index contributed by atoms with van der Waals surface area (Å²) in [6.07, 6.45) is 5.35. The SMILES string of the molecule is COc1ccc(/C=N\NOC(=O)c2sc3nc(C)cc(C)c3c2-n2cccc2)cc1. The van der Waals surface area contributed by atoms with Crippen molar-refractivity contribution in [1.82, 2.24) is 15.1 Å². The van der Waals surface area contributed by atoms with Gasteiger partial charge in [0.1, 0.15) is 15.5 Å². The van der Waals surface area contributed by atoms with E-state index in [4.69, 9.17) is 9.57 Å². The summed E-state index contributed by atoms with van der Waals surface area (Å²) in [5, 5.41) is 4.90. The van der Waals surface area contributed by atoms with Gasteiger partial charge in [0.05, 0.1) is 19.0 Å². The Bertz CT molecular complexity index is 1210. The molecular weight excluding hydrogens is 400 g/mol. The van der Waals surface area contributed by atoms with Crippen LogP contribution in [0.3, 0.4) is 0 Å². The molecule has 0 aliphatic heterocycles. The van der Waals surface area contributed by atoms with Gasteiger partial charge in [0.15, 0.2) is 0 Å². The molecule has 0 saturated heterocycles. The van der Waals surface area contributed by atoms with Crippen molar-refractivity contribution in [2.45, 2.75) is 13.8 Å². The number of rotatable bonds is 6. The first-order valence-electron chi connectivity index (χ1n) is 9.24. The molecule has 0 atom stereocenters. The molecular formula is C22H20N4O3S. The van der Waals surface area contributed by atoms with E-state index in [1.165, 1.54) is 11.3 Å². The third-order valence-corrected chi connectivity index (χ3v) is 5.58. The highest BCUT2D eigenvalue weighted by molar-refractivity contribution is 7.21. The Morgan fingerprint density at radius 1 is 1.20 bits per heavy atom. The first-order chi connectivity index (χ1) is 14.6. The van der Waals surface area contributed by atoms with E-state index in [1.54, 1.807) is 13.3 Å². The lowest BCUT2D eigenvalue weighted by Gasteiger charge is -2.07. The van der Waals surface area contributed by atoms with E-state index in [1.807, 2.05) is 73.3 Å². The zero-order chi connectivity index (χ0) is 21.1. The van der Waals surface area contributed by atoms with Crippen molar-refractivity contribution in [3.05, 3.63) is 76.6 Å². The fourth-order valence-electron chi connectivity index (χ4n) is 3.20. The van der Waals surface area contributed by atoms with Crippen LogP contribution in [0.2, 0.25) is 0 Å². The van der Waals surface area contributed by atoms with E-state index < -0.39 is 5.97 Å². The number of aryl methyl sites for hydroxylation is 2. The molecule has 4 rings (SSSR count). The highest BCUT2D eigenvalue weighted by atomic mass is 32.1. The molecule has 0 fully saturated rings. The summed E-state index contributed by atoms with van der Waals surface area (Å²) in [5.41, 5.74) is 5.93. The minimum absolute atomic E-state index is 0.453. The second-order valence-corrected chi connectivity index (χ2v) is 7.64. The van der Waals surface area contributed by atoms with E-state index in [9.17, 15) is 4.79 Å². The van der Waals surface area contributed by atoms with Crippen LogP contribution >= 0.6 is 11.3 Å². The third-order valence-electron chi connectivity index (χ3n) is 4.53. The number of nitrogens with one attached hydrogen (secondary N) is 1. The molecule has 0 radical (unpaired) electrons. The van der Waals surface area contributed by atoms with E-state index in [2.05, 4.69) is 15.7 Å². The number of aromatic nitrogens is 2. The maximum absolute atomic E-state index is 12.8. The van der Waals surface area contributed by atoms with Crippen LogP contribution in [0.5, 0.6) is 5.75 Å². The van der Waals surface area contributed by atoms with Gasteiger partial charge in [-0.1, -0.05) is 0 Å². The number of methoxy groups -OCH3 is 1. The standard InChI is InChI=1S/C22H20N4O3S/c1-14-12-15(2)24-21-18(14)19(26-10-4-5-11-26)20(30-21)22(27)29-25-23-13-16-6-8-17(28-3)9-7-16/h4-13,25H,1-3H3/b23-13-. The summed E-state index contributed by atoms with van der Waals surface area (Å²) in [7, 11) is 1.61. The van der Waals surface area contributed by atoms with Gasteiger partial charge >= 0.3 is 5.97 Å². The van der Waals surface area contributed by atoms with Gasteiger partial charge < -0.3 is 14.1 Å². The van der Waals surface area contributed by atoms with E-state index in [0.717, 1.165) is 38.5 Å². The van der Waals surface area contributed by atoms with Crippen LogP contribution in [-0.2, 0) is 4.84 Å². The van der Waals surface area contributed by atoms with Gasteiger partial charge in [-0.3, -0.25) is 0 Å². The number of nitrogens with zero attached hydrogens (tertiary/aromatic N) is 3. The van der Waals surface area contributed by atoms with Crippen molar-refractivity contribution in [3.63, 3.8) is 0 Å². The number of ether oxygens (including phenoxy) is 1. The lowest BCUT2D eigenvalue weighted by atomic mass is 10.1. The average Bonchev–Trinajstić information content (AvgIpc) is 3.39. The van der Waals surface area contributed by atoms with Gasteiger partial charge in [-0.15, -0.1) is 16.9 Å². The van der Waals surface area contributed by atoms with Crippen LogP contribution in [0.4, 0.5) is 0 Å². The predicted octanol–water partition coefficient (Wildman–Crippen LogP) is 4.41. The Hall–Kier alpha value is -3.65. The fourth-order valence-corrected chi connectivity index (χ4v) is 4.37. The van der Waals surface area contributed by atoms with E-state index in [-0.39, 0.29) is 0 Å². The highest BCUT2D eigenvalue weighted by Crippen LogP contribution is 2.36. The molecule has 0 bridgehead atoms. The van der Waals surface area contributed by atoms with Crippen molar-refractivity contribution < 1.29 is 14.4 Å². The Labute approximate surface area is 177 Å². The lowest BCUT2D eigenvalue weighted by molar-refractivity contribution is 0.0268. The minimum atomic E-state index is -0.523. The topological polar surface area (TPSA) is 77.7 Å². The van der Waals surface area contributed by atoms with Crippen molar-refractivity contribution in [2.24, 2.45) is 5.10 Å². The summed E-state index contributed by atoms with van der Waals surface area (Å²) in [5.74, 6) is 0.235. The molecule has 0 saturated carbocycles. The number of carbonyl (C=O) groups is 1. The normalized spacial score (nSPS) is 11.2. The quantitative estimate of drug-likeness (QED) is 0.369. The molecule has 4 aromatic rings. The van der Waals surface area contributed by atoms with Crippen molar-refractivity contribution >= 4 is 33.7 Å². The number of hydrogen-bond donors (Lipinski definition) is 1. The maximum atomic E-state index is 12.8. The van der Waals surface area contributed by atoms with Crippen LogP contribution in [0, 0.1) is 13.8 Å². The molecule has 152 valence electrons. The molecule has 0 unspecified atom stereocenters. The largest absolute Gasteiger partial charge is 0.497 e. The number of thiophene rings is 1. The van der Waals surface area contributed by atoms with Gasteiger partial charge in [0.25, 0.3) is 0 Å². The molecule has 0 amide bonds. The Morgan fingerprint density at radius 2 is 1.93 bits per heavy atom. The van der Waals surface area contributed by atoms with Gasteiger partial charge in [-0.2, -0.15) is 5.10 Å². The number of hydrogen-bond acceptors (Lipinski definition) is 7. The smallest absolute Gasteiger partial charge is 0.376 e. The van der Waals surface area contributed by atoms with Crippen LogP contribution in [0.25, 0.3) is 15.9 Å². The summed E-state index contributed by atoms with van der Waals surface area (Å²) < 4.78 is 7.03. The summed E-state index contributed by atoms with van der Waals surface area (Å²) in [4.78, 5) is 23.9. The van der Waals surface area contributed by atoms with Crippen molar-refractivity contribution in [3.8, 4) is 11.4 Å². The van der Waals surface area contributed by atoms with Crippen LogP contribution in [0.15, 0.2) is 60.0 Å². The summed E-state index contributed by atoms with van der Waals surface area (Å²) >= 11 is 1.30. The zero-order valence-electron chi connectivity index (χ0n) is 16.7. The van der Waals surface area contributed by atoms with E-state index in [0.29, 0.717) is 4.88 Å². The molecule has 0 spiro atoms. The summed E-state index contributed by atoms with van der Waals surface area (Å²) in [6.45, 7) is 3.96. The Morgan fingerprint density at radius 3 is 2.63 bits per heavy atom. The fraction of sp³-hybridized carbons (Fsp3) is 0.136. The molecule has 1 N–H and O–H groups in total. The molecule has 3 aromatic heterocycles. The van der Waals surface area contributed by atoms with Gasteiger partial charge in [0, 0.05) is 23.5 Å². The molecule has 7 nitrogen and oxygen atoms in total. The Kier molecular flexibility index (Phi) is 5.49. The van der Waals surface area contributed by atoms with Crippen molar-refractivity contribution in [1.29, 1.82) is 0 Å². The first-order valence-corrected chi connectivity index (χ1v) is 10.1. The van der Waals surface area contributed by atoms with Crippen molar-refractivity contribution in [2.75, 3.05) is 7.11 Å². The molecule has 30 heavy (non-hydrogen) atoms. The number of fused-ring (bicyclic) bond motifs is 1. The number of benzene rings is 1. The number of pyridine rings is 1. The minimum Gasteiger partial charge on any atom is -0.497 e. The predicted molar refractivity (Wildman–Crippen MR) is 118 cm³/mol. The molecule has 1 aromatic carbocycles. The van der Waals surface area contributed by atoms with Crippen LogP contribution in [0.1, 0.15) is 26.5 Å². The summed E-state index contributed by atoms with van der Waals surface area (Å²) in [6, 6.07) is 13.2. The van der Waals surface area contributed by atoms with Gasteiger partial charge in [-0.25, -0.2) is 9.78 Å². The van der Waals surface area contributed by atoms with Gasteiger partial charge in [-0.05, 0) is 67.4 Å². The van der Waals surface area contributed by atoms with E-state index >= 15 is 0 Å². The molecule has 0 aliphatic rings. The molecule has 8 heteroatoms. The molecule has 3 heterocycles. The van der Waals surface area contributed by atoms with Crippen LogP contribution < -0.4 is 10.3 Å². The highest BCUT2D eigenvalue weighted by Gasteiger charge is 2.23. The maximum Gasteiger partial charge on any atom is 0.376 e. The lowest BCUT2D eigenvalue weighted by Crippen LogP contribution is -2.15. The second-order valence-electron chi connectivity index (χ2n) is 6.64. The Balaban J connectivity index is 1.57. The number of hydrazone groups is 1. The molecule has 0 aliphatic carbocycles.